The highest BCUT2D eigenvalue weighted by Gasteiger charge is 2.58. The maximum Gasteiger partial charge on any atom is 0.246 e. The van der Waals surface area contributed by atoms with Crippen LogP contribution < -0.4 is 5.32 Å². The number of hydrogen-bond donors (Lipinski definition) is 1. The number of carbonyl (C=O) groups excluding carboxylic acids is 2. The molecular formula is C16H28N2O2. The monoisotopic (exact) mass is 280 g/mol. The van der Waals surface area contributed by atoms with Gasteiger partial charge in [-0.1, -0.05) is 27.2 Å². The Morgan fingerprint density at radius 2 is 1.90 bits per heavy atom. The van der Waals surface area contributed by atoms with Gasteiger partial charge in [0.2, 0.25) is 11.8 Å². The van der Waals surface area contributed by atoms with E-state index in [0.29, 0.717) is 5.92 Å². The second-order valence-corrected chi connectivity index (χ2v) is 6.96. The second kappa shape index (κ2) is 5.38. The predicted molar refractivity (Wildman–Crippen MR) is 79.1 cm³/mol. The summed E-state index contributed by atoms with van der Waals surface area (Å²) in [6.07, 6.45) is 4.09. The third-order valence-electron chi connectivity index (χ3n) is 4.94. The molecule has 4 nitrogen and oxygen atoms in total. The zero-order valence-corrected chi connectivity index (χ0v) is 13.4. The minimum absolute atomic E-state index is 0.0428. The summed E-state index contributed by atoms with van der Waals surface area (Å²) in [4.78, 5) is 27.5. The smallest absolute Gasteiger partial charge is 0.246 e. The van der Waals surface area contributed by atoms with Gasteiger partial charge in [-0.2, -0.15) is 0 Å². The average molecular weight is 280 g/mol. The number of carbonyl (C=O) groups is 2. The molecule has 1 N–H and O–H groups in total. The van der Waals surface area contributed by atoms with E-state index in [1.165, 1.54) is 0 Å². The van der Waals surface area contributed by atoms with Crippen molar-refractivity contribution in [3.8, 4) is 0 Å². The van der Waals surface area contributed by atoms with Gasteiger partial charge in [0.15, 0.2) is 0 Å². The Balaban J connectivity index is 2.35. The second-order valence-electron chi connectivity index (χ2n) is 6.96. The Labute approximate surface area is 122 Å². The van der Waals surface area contributed by atoms with Gasteiger partial charge < -0.3 is 10.2 Å². The third kappa shape index (κ3) is 2.33. The summed E-state index contributed by atoms with van der Waals surface area (Å²) in [6.45, 7) is 10.1. The van der Waals surface area contributed by atoms with Crippen LogP contribution in [0.2, 0.25) is 0 Å². The molecule has 0 spiro atoms. The third-order valence-corrected chi connectivity index (χ3v) is 4.94. The van der Waals surface area contributed by atoms with Crippen molar-refractivity contribution >= 4 is 11.8 Å². The lowest BCUT2D eigenvalue weighted by atomic mass is 9.84. The molecule has 1 aliphatic carbocycles. The first-order valence-corrected chi connectivity index (χ1v) is 7.98. The maximum atomic E-state index is 12.9. The van der Waals surface area contributed by atoms with Crippen molar-refractivity contribution < 1.29 is 9.59 Å². The fourth-order valence-electron chi connectivity index (χ4n) is 3.54. The quantitative estimate of drug-likeness (QED) is 0.840. The van der Waals surface area contributed by atoms with Gasteiger partial charge in [0.25, 0.3) is 0 Å². The highest BCUT2D eigenvalue weighted by Crippen LogP contribution is 2.46. The van der Waals surface area contributed by atoms with Gasteiger partial charge in [-0.25, -0.2) is 0 Å². The number of amides is 2. The lowest BCUT2D eigenvalue weighted by molar-refractivity contribution is -0.162. The van der Waals surface area contributed by atoms with Crippen LogP contribution in [0.1, 0.15) is 60.3 Å². The van der Waals surface area contributed by atoms with Crippen LogP contribution in [0.4, 0.5) is 0 Å². The molecule has 3 unspecified atom stereocenters. The van der Waals surface area contributed by atoms with E-state index in [4.69, 9.17) is 0 Å². The molecule has 0 radical (unpaired) electrons. The number of rotatable bonds is 5. The maximum absolute atomic E-state index is 12.9. The summed E-state index contributed by atoms with van der Waals surface area (Å²) in [5, 5.41) is 2.97. The molecule has 3 atom stereocenters. The first-order valence-electron chi connectivity index (χ1n) is 7.98. The number of hydrogen-bond acceptors (Lipinski definition) is 2. The number of nitrogens with one attached hydrogen (secondary N) is 1. The van der Waals surface area contributed by atoms with Crippen LogP contribution in [0, 0.1) is 11.8 Å². The van der Waals surface area contributed by atoms with E-state index in [0.717, 1.165) is 25.7 Å². The van der Waals surface area contributed by atoms with Crippen molar-refractivity contribution in [1.82, 2.24) is 10.2 Å². The number of nitrogens with zero attached hydrogens (tertiary/aromatic N) is 1. The molecule has 1 saturated heterocycles. The summed E-state index contributed by atoms with van der Waals surface area (Å²) in [5.41, 5.74) is -0.642. The van der Waals surface area contributed by atoms with E-state index in [1.54, 1.807) is 0 Å². The Morgan fingerprint density at radius 1 is 1.30 bits per heavy atom. The summed E-state index contributed by atoms with van der Waals surface area (Å²) >= 11 is 0. The van der Waals surface area contributed by atoms with Crippen LogP contribution >= 0.6 is 0 Å². The minimum Gasteiger partial charge on any atom is -0.342 e. The highest BCUT2D eigenvalue weighted by atomic mass is 16.2. The average Bonchev–Trinajstić information content (AvgIpc) is 3.18. The number of piperazine rings is 1. The predicted octanol–water partition coefficient (Wildman–Crippen LogP) is 2.33. The van der Waals surface area contributed by atoms with E-state index in [2.05, 4.69) is 19.2 Å². The highest BCUT2D eigenvalue weighted by molar-refractivity contribution is 6.00. The Bertz CT molecular complexity index is 403. The molecule has 2 rings (SSSR count). The van der Waals surface area contributed by atoms with E-state index >= 15 is 0 Å². The molecule has 2 aliphatic rings. The largest absolute Gasteiger partial charge is 0.342 e. The normalized spacial score (nSPS) is 32.5. The van der Waals surface area contributed by atoms with Crippen molar-refractivity contribution in [2.45, 2.75) is 77.9 Å². The lowest BCUT2D eigenvalue weighted by Crippen LogP contribution is -2.73. The van der Waals surface area contributed by atoms with E-state index in [1.807, 2.05) is 25.7 Å². The summed E-state index contributed by atoms with van der Waals surface area (Å²) < 4.78 is 0. The Hall–Kier alpha value is -1.06. The Morgan fingerprint density at radius 3 is 2.35 bits per heavy atom. The zero-order chi connectivity index (χ0) is 15.1. The molecular weight excluding hydrogens is 252 g/mol. The summed E-state index contributed by atoms with van der Waals surface area (Å²) in [5.74, 6) is 0.613. The molecule has 1 heterocycles. The first kappa shape index (κ1) is 15.3. The van der Waals surface area contributed by atoms with Crippen molar-refractivity contribution in [3.63, 3.8) is 0 Å². The molecule has 2 amide bonds. The van der Waals surface area contributed by atoms with Crippen LogP contribution in [0.3, 0.4) is 0 Å². The van der Waals surface area contributed by atoms with Crippen LogP contribution in [0.15, 0.2) is 0 Å². The van der Waals surface area contributed by atoms with Crippen molar-refractivity contribution in [2.24, 2.45) is 11.8 Å². The van der Waals surface area contributed by atoms with E-state index in [-0.39, 0.29) is 29.8 Å². The van der Waals surface area contributed by atoms with Gasteiger partial charge in [0.1, 0.15) is 11.6 Å². The lowest BCUT2D eigenvalue weighted by Gasteiger charge is -2.50. The van der Waals surface area contributed by atoms with Crippen molar-refractivity contribution in [2.75, 3.05) is 0 Å². The molecule has 20 heavy (non-hydrogen) atoms. The molecule has 1 saturated carbocycles. The topological polar surface area (TPSA) is 49.4 Å². The van der Waals surface area contributed by atoms with E-state index in [9.17, 15) is 9.59 Å². The molecule has 1 aliphatic heterocycles. The van der Waals surface area contributed by atoms with Crippen molar-refractivity contribution in [3.05, 3.63) is 0 Å². The van der Waals surface area contributed by atoms with Crippen LogP contribution in [-0.2, 0) is 9.59 Å². The summed E-state index contributed by atoms with van der Waals surface area (Å²) in [6, 6.07) is -0.237. The van der Waals surface area contributed by atoms with Crippen LogP contribution in [0.5, 0.6) is 0 Å². The van der Waals surface area contributed by atoms with Gasteiger partial charge in [0.05, 0.1) is 0 Å². The Kier molecular flexibility index (Phi) is 4.12. The van der Waals surface area contributed by atoms with Crippen molar-refractivity contribution in [1.29, 1.82) is 0 Å². The van der Waals surface area contributed by atoms with Gasteiger partial charge in [-0.05, 0) is 44.9 Å². The SMILES string of the molecule is CCCC(C)N1C(=O)C(C(C)C)NC(=O)C1(C)C1CC1. The van der Waals surface area contributed by atoms with Gasteiger partial charge in [0, 0.05) is 6.04 Å². The summed E-state index contributed by atoms with van der Waals surface area (Å²) in [7, 11) is 0. The van der Waals surface area contributed by atoms with Gasteiger partial charge in [-0.3, -0.25) is 9.59 Å². The minimum atomic E-state index is -0.642. The first-order chi connectivity index (χ1) is 9.33. The standard InChI is InChI=1S/C16H28N2O2/c1-6-7-11(4)18-14(19)13(10(2)3)17-15(20)16(18,5)12-8-9-12/h10-13H,6-9H2,1-5H3,(H,17,20). The molecule has 0 aromatic heterocycles. The molecule has 0 aromatic rings. The van der Waals surface area contributed by atoms with E-state index < -0.39 is 5.54 Å². The molecule has 2 fully saturated rings. The van der Waals surface area contributed by atoms with Crippen LogP contribution in [-0.4, -0.2) is 34.3 Å². The zero-order valence-electron chi connectivity index (χ0n) is 13.4. The molecule has 0 aromatic carbocycles. The van der Waals surface area contributed by atoms with Gasteiger partial charge in [-0.15, -0.1) is 0 Å². The molecule has 114 valence electrons. The van der Waals surface area contributed by atoms with Crippen LogP contribution in [0.25, 0.3) is 0 Å². The fraction of sp³-hybridized carbons (Fsp3) is 0.875. The fourth-order valence-corrected chi connectivity index (χ4v) is 3.54. The molecule has 0 bridgehead atoms. The van der Waals surface area contributed by atoms with Gasteiger partial charge >= 0.3 is 0 Å². The molecule has 4 heteroatoms.